The second-order valence-corrected chi connectivity index (χ2v) is 7.37. The molecule has 0 aliphatic rings. The summed E-state index contributed by atoms with van der Waals surface area (Å²) in [5.41, 5.74) is 0. The number of nitrogens with one attached hydrogen (secondary N) is 1. The number of ether oxygens (including phenoxy) is 2. The fourth-order valence-corrected chi connectivity index (χ4v) is 3.73. The van der Waals surface area contributed by atoms with Gasteiger partial charge in [-0.2, -0.15) is 0 Å². The van der Waals surface area contributed by atoms with Crippen LogP contribution in [0, 0.1) is 0 Å². The third-order valence-electron chi connectivity index (χ3n) is 2.77. The lowest BCUT2D eigenvalue weighted by molar-refractivity contribution is 0.111. The van der Waals surface area contributed by atoms with Crippen LogP contribution in [0.5, 0.6) is 11.5 Å². The largest absolute Gasteiger partial charge is 0.497 e. The highest BCUT2D eigenvalue weighted by Crippen LogP contribution is 2.17. The molecule has 0 aliphatic carbocycles. The van der Waals surface area contributed by atoms with Gasteiger partial charge in [0.15, 0.2) is 0 Å². The van der Waals surface area contributed by atoms with E-state index in [1.165, 1.54) is 6.07 Å². The second kappa shape index (κ2) is 7.59. The Morgan fingerprint density at radius 2 is 1.91 bits per heavy atom. The molecule has 120 valence electrons. The lowest BCUT2D eigenvalue weighted by atomic mass is 10.3. The summed E-state index contributed by atoms with van der Waals surface area (Å²) in [7, 11) is -2.00. The molecule has 8 heteroatoms. The highest BCUT2D eigenvalue weighted by atomic mass is 32.2. The van der Waals surface area contributed by atoms with E-state index in [9.17, 15) is 13.5 Å². The average molecular weight is 343 g/mol. The number of benzene rings is 1. The van der Waals surface area contributed by atoms with Gasteiger partial charge < -0.3 is 14.6 Å². The molecule has 1 aromatic heterocycles. The van der Waals surface area contributed by atoms with Gasteiger partial charge in [0.05, 0.1) is 7.11 Å². The Balaban J connectivity index is 1.79. The Labute approximate surface area is 133 Å². The van der Waals surface area contributed by atoms with Gasteiger partial charge in [-0.15, -0.1) is 11.3 Å². The van der Waals surface area contributed by atoms with Gasteiger partial charge in [-0.3, -0.25) is 0 Å². The molecule has 0 amide bonds. The van der Waals surface area contributed by atoms with Crippen molar-refractivity contribution in [1.29, 1.82) is 0 Å². The molecule has 2 rings (SSSR count). The predicted octanol–water partition coefficient (Wildman–Crippen LogP) is 1.47. The molecule has 2 aromatic rings. The summed E-state index contributed by atoms with van der Waals surface area (Å²) in [6.45, 7) is -0.129. The van der Waals surface area contributed by atoms with Gasteiger partial charge in [0.2, 0.25) is 10.0 Å². The maximum Gasteiger partial charge on any atom is 0.250 e. The average Bonchev–Trinajstić information content (AvgIpc) is 3.07. The quantitative estimate of drug-likeness (QED) is 0.758. The standard InChI is InChI=1S/C14H17NO5S2/c1-19-12-4-6-13(7-5-12)20-10-11(16)9-15-22(17,18)14-3-2-8-21-14/h2-8,11,15-16H,9-10H2,1H3. The lowest BCUT2D eigenvalue weighted by Crippen LogP contribution is -2.35. The molecule has 0 bridgehead atoms. The van der Waals surface area contributed by atoms with E-state index in [4.69, 9.17) is 9.47 Å². The number of rotatable bonds is 8. The van der Waals surface area contributed by atoms with Gasteiger partial charge in [-0.05, 0) is 35.7 Å². The smallest absolute Gasteiger partial charge is 0.250 e. The summed E-state index contributed by atoms with van der Waals surface area (Å²) < 4.78 is 36.7. The molecule has 0 spiro atoms. The molecule has 0 saturated heterocycles. The summed E-state index contributed by atoms with van der Waals surface area (Å²) >= 11 is 1.12. The number of hydrogen-bond acceptors (Lipinski definition) is 6. The van der Waals surface area contributed by atoms with Gasteiger partial charge in [0.1, 0.15) is 28.4 Å². The minimum absolute atomic E-state index is 0.0146. The van der Waals surface area contributed by atoms with E-state index in [0.717, 1.165) is 11.3 Å². The van der Waals surface area contributed by atoms with E-state index >= 15 is 0 Å². The summed E-state index contributed by atoms with van der Waals surface area (Å²) in [6.07, 6.45) is -0.947. The topological polar surface area (TPSA) is 84.9 Å². The number of thiophene rings is 1. The van der Waals surface area contributed by atoms with Crippen molar-refractivity contribution in [1.82, 2.24) is 4.72 Å². The minimum atomic E-state index is -3.57. The molecule has 1 aromatic carbocycles. The lowest BCUT2D eigenvalue weighted by Gasteiger charge is -2.13. The first-order valence-corrected chi connectivity index (χ1v) is 8.85. The molecule has 0 radical (unpaired) electrons. The monoisotopic (exact) mass is 343 g/mol. The maximum atomic E-state index is 11.9. The van der Waals surface area contributed by atoms with Crippen LogP contribution in [0.25, 0.3) is 0 Å². The number of aliphatic hydroxyl groups excluding tert-OH is 1. The van der Waals surface area contributed by atoms with Gasteiger partial charge in [-0.1, -0.05) is 6.07 Å². The zero-order chi connectivity index (χ0) is 16.0. The molecule has 0 aliphatic heterocycles. The normalized spacial score (nSPS) is 12.8. The van der Waals surface area contributed by atoms with Crippen molar-refractivity contribution in [2.45, 2.75) is 10.3 Å². The van der Waals surface area contributed by atoms with Crippen molar-refractivity contribution in [3.63, 3.8) is 0 Å². The third kappa shape index (κ3) is 4.70. The number of hydrogen-bond donors (Lipinski definition) is 2. The van der Waals surface area contributed by atoms with Crippen LogP contribution in [0.3, 0.4) is 0 Å². The SMILES string of the molecule is COc1ccc(OCC(O)CNS(=O)(=O)c2cccs2)cc1. The number of aliphatic hydroxyl groups is 1. The maximum absolute atomic E-state index is 11.9. The van der Waals surface area contributed by atoms with Crippen molar-refractivity contribution in [3.8, 4) is 11.5 Å². The van der Waals surface area contributed by atoms with Crippen LogP contribution in [-0.2, 0) is 10.0 Å². The third-order valence-corrected chi connectivity index (χ3v) is 5.59. The molecule has 1 heterocycles. The Morgan fingerprint density at radius 3 is 2.50 bits per heavy atom. The first-order valence-electron chi connectivity index (χ1n) is 6.49. The van der Waals surface area contributed by atoms with E-state index in [-0.39, 0.29) is 17.4 Å². The van der Waals surface area contributed by atoms with Crippen molar-refractivity contribution < 1.29 is 23.0 Å². The predicted molar refractivity (Wildman–Crippen MR) is 84.0 cm³/mol. The van der Waals surface area contributed by atoms with E-state index in [1.54, 1.807) is 42.8 Å². The fraction of sp³-hybridized carbons (Fsp3) is 0.286. The Kier molecular flexibility index (Phi) is 5.78. The molecule has 1 unspecified atom stereocenters. The van der Waals surface area contributed by atoms with Crippen LogP contribution in [0.15, 0.2) is 46.0 Å². The van der Waals surface area contributed by atoms with E-state index in [2.05, 4.69) is 4.72 Å². The van der Waals surface area contributed by atoms with Crippen LogP contribution in [0.2, 0.25) is 0 Å². The van der Waals surface area contributed by atoms with Crippen LogP contribution >= 0.6 is 11.3 Å². The molecule has 22 heavy (non-hydrogen) atoms. The highest BCUT2D eigenvalue weighted by Gasteiger charge is 2.16. The molecular weight excluding hydrogens is 326 g/mol. The Hall–Kier alpha value is -1.61. The van der Waals surface area contributed by atoms with Crippen molar-refractivity contribution in [3.05, 3.63) is 41.8 Å². The first-order chi connectivity index (χ1) is 10.5. The molecular formula is C14H17NO5S2. The van der Waals surface area contributed by atoms with Gasteiger partial charge >= 0.3 is 0 Å². The number of methoxy groups -OCH3 is 1. The van der Waals surface area contributed by atoms with Gasteiger partial charge in [0, 0.05) is 6.54 Å². The fourth-order valence-electron chi connectivity index (χ4n) is 1.62. The zero-order valence-electron chi connectivity index (χ0n) is 11.9. The molecule has 1 atom stereocenters. The van der Waals surface area contributed by atoms with Gasteiger partial charge in [0.25, 0.3) is 0 Å². The van der Waals surface area contributed by atoms with Crippen molar-refractivity contribution >= 4 is 21.4 Å². The molecule has 0 fully saturated rings. The zero-order valence-corrected chi connectivity index (χ0v) is 13.6. The van der Waals surface area contributed by atoms with Gasteiger partial charge in [-0.25, -0.2) is 13.1 Å². The number of sulfonamides is 1. The van der Waals surface area contributed by atoms with Crippen LogP contribution < -0.4 is 14.2 Å². The second-order valence-electron chi connectivity index (χ2n) is 4.42. The van der Waals surface area contributed by atoms with Crippen molar-refractivity contribution in [2.24, 2.45) is 0 Å². The minimum Gasteiger partial charge on any atom is -0.497 e. The van der Waals surface area contributed by atoms with Crippen LogP contribution in [0.4, 0.5) is 0 Å². The van der Waals surface area contributed by atoms with E-state index < -0.39 is 16.1 Å². The summed E-state index contributed by atoms with van der Waals surface area (Å²) in [5, 5.41) is 11.5. The van der Waals surface area contributed by atoms with Crippen molar-refractivity contribution in [2.75, 3.05) is 20.3 Å². The van der Waals surface area contributed by atoms with E-state index in [0.29, 0.717) is 11.5 Å². The van der Waals surface area contributed by atoms with Crippen LogP contribution in [-0.4, -0.2) is 39.9 Å². The Morgan fingerprint density at radius 1 is 1.23 bits per heavy atom. The molecule has 6 nitrogen and oxygen atoms in total. The first kappa shape index (κ1) is 16.8. The summed E-state index contributed by atoms with van der Waals surface area (Å²) in [4.78, 5) is 0. The molecule has 0 saturated carbocycles. The summed E-state index contributed by atoms with van der Waals surface area (Å²) in [6, 6.07) is 10.1. The summed E-state index contributed by atoms with van der Waals surface area (Å²) in [5.74, 6) is 1.28. The molecule has 2 N–H and O–H groups in total. The Bertz CT molecular complexity index is 668. The highest BCUT2D eigenvalue weighted by molar-refractivity contribution is 7.91. The van der Waals surface area contributed by atoms with E-state index in [1.807, 2.05) is 0 Å². The van der Waals surface area contributed by atoms with Crippen LogP contribution in [0.1, 0.15) is 0 Å².